The normalized spacial score (nSPS) is 11.5. The minimum atomic E-state index is -0.982. The first-order chi connectivity index (χ1) is 5.68. The van der Waals surface area contributed by atoms with Crippen LogP contribution in [-0.2, 0) is 4.79 Å². The third-order valence-corrected chi connectivity index (χ3v) is 1.29. The van der Waals surface area contributed by atoms with E-state index in [9.17, 15) is 4.79 Å². The Morgan fingerprint density at radius 2 is 2.42 bits per heavy atom. The van der Waals surface area contributed by atoms with Crippen LogP contribution in [0.5, 0.6) is 0 Å². The molecule has 12 heavy (non-hydrogen) atoms. The fourth-order valence-electron chi connectivity index (χ4n) is 0.621. The molecule has 0 saturated carbocycles. The zero-order valence-electron chi connectivity index (χ0n) is 7.13. The van der Waals surface area contributed by atoms with Crippen molar-refractivity contribution in [1.29, 1.82) is 0 Å². The van der Waals surface area contributed by atoms with E-state index in [0.717, 1.165) is 6.42 Å². The number of rotatable bonds is 5. The van der Waals surface area contributed by atoms with Gasteiger partial charge in [-0.1, -0.05) is 0 Å². The highest BCUT2D eigenvalue weighted by molar-refractivity contribution is 5.73. The lowest BCUT2D eigenvalue weighted by atomic mass is 10.3. The van der Waals surface area contributed by atoms with E-state index >= 15 is 0 Å². The molecule has 4 heteroatoms. The maximum absolute atomic E-state index is 10.2. The summed E-state index contributed by atoms with van der Waals surface area (Å²) in [5.41, 5.74) is 5.23. The number of nitrogens with one attached hydrogen (secondary N) is 1. The van der Waals surface area contributed by atoms with Crippen molar-refractivity contribution in [2.45, 2.75) is 19.4 Å². The van der Waals surface area contributed by atoms with Gasteiger partial charge in [-0.25, -0.2) is 0 Å². The summed E-state index contributed by atoms with van der Waals surface area (Å²) in [5.74, 6) is 4.61. The average Bonchev–Trinajstić information content (AvgIpc) is 2.03. The lowest BCUT2D eigenvalue weighted by molar-refractivity contribution is -0.138. The lowest BCUT2D eigenvalue weighted by Gasteiger charge is -2.05. The number of carboxylic acids is 1. The number of nitrogens with two attached hydrogens (primary N) is 1. The van der Waals surface area contributed by atoms with Crippen LogP contribution in [0.15, 0.2) is 0 Å². The largest absolute Gasteiger partial charge is 0.480 e. The third-order valence-electron chi connectivity index (χ3n) is 1.29. The lowest BCUT2D eigenvalue weighted by Crippen LogP contribution is -2.40. The maximum atomic E-state index is 10.2. The SMILES string of the molecule is CC#CCCNCC(N)C(=O)O. The fourth-order valence-corrected chi connectivity index (χ4v) is 0.621. The molecule has 0 aromatic rings. The molecule has 4 N–H and O–H groups in total. The number of carbonyl (C=O) groups is 1. The van der Waals surface area contributed by atoms with Gasteiger partial charge in [0.15, 0.2) is 0 Å². The van der Waals surface area contributed by atoms with Crippen LogP contribution >= 0.6 is 0 Å². The Labute approximate surface area is 72.1 Å². The van der Waals surface area contributed by atoms with Gasteiger partial charge in [-0.15, -0.1) is 11.8 Å². The minimum absolute atomic E-state index is 0.292. The van der Waals surface area contributed by atoms with Crippen LogP contribution in [0.2, 0.25) is 0 Å². The Balaban J connectivity index is 3.29. The molecule has 68 valence electrons. The van der Waals surface area contributed by atoms with Crippen LogP contribution in [-0.4, -0.2) is 30.2 Å². The van der Waals surface area contributed by atoms with E-state index in [1.54, 1.807) is 6.92 Å². The summed E-state index contributed by atoms with van der Waals surface area (Å²) in [4.78, 5) is 10.2. The quantitative estimate of drug-likeness (QED) is 0.380. The Morgan fingerprint density at radius 3 is 2.92 bits per heavy atom. The summed E-state index contributed by atoms with van der Waals surface area (Å²) in [5, 5.41) is 11.3. The maximum Gasteiger partial charge on any atom is 0.321 e. The first kappa shape index (κ1) is 11.0. The van der Waals surface area contributed by atoms with Crippen molar-refractivity contribution in [2.24, 2.45) is 5.73 Å². The molecule has 0 aliphatic carbocycles. The van der Waals surface area contributed by atoms with Crippen LogP contribution in [0.4, 0.5) is 0 Å². The topological polar surface area (TPSA) is 75.3 Å². The van der Waals surface area contributed by atoms with Gasteiger partial charge in [-0.3, -0.25) is 4.79 Å². The molecule has 0 saturated heterocycles. The minimum Gasteiger partial charge on any atom is -0.480 e. The Morgan fingerprint density at radius 1 is 1.75 bits per heavy atom. The molecular formula is C8H14N2O2. The highest BCUT2D eigenvalue weighted by Crippen LogP contribution is 1.76. The van der Waals surface area contributed by atoms with Crippen LogP contribution in [0.25, 0.3) is 0 Å². The molecule has 0 aromatic heterocycles. The van der Waals surface area contributed by atoms with Gasteiger partial charge in [0, 0.05) is 19.5 Å². The van der Waals surface area contributed by atoms with Crippen molar-refractivity contribution in [3.63, 3.8) is 0 Å². The monoisotopic (exact) mass is 170 g/mol. The van der Waals surface area contributed by atoms with Crippen LogP contribution in [0.1, 0.15) is 13.3 Å². The molecule has 1 unspecified atom stereocenters. The van der Waals surface area contributed by atoms with Gasteiger partial charge in [0.05, 0.1) is 0 Å². The molecule has 4 nitrogen and oxygen atoms in total. The molecule has 0 aromatic carbocycles. The molecule has 0 rings (SSSR count). The number of hydrogen-bond donors (Lipinski definition) is 3. The molecule has 0 amide bonds. The first-order valence-electron chi connectivity index (χ1n) is 3.77. The smallest absolute Gasteiger partial charge is 0.321 e. The second-order valence-corrected chi connectivity index (χ2v) is 2.33. The van der Waals surface area contributed by atoms with E-state index in [2.05, 4.69) is 17.2 Å². The van der Waals surface area contributed by atoms with Gasteiger partial charge in [-0.2, -0.15) is 0 Å². The first-order valence-corrected chi connectivity index (χ1v) is 3.77. The molecular weight excluding hydrogens is 156 g/mol. The van der Waals surface area contributed by atoms with Crippen LogP contribution in [0, 0.1) is 11.8 Å². The molecule has 0 spiro atoms. The predicted octanol–water partition coefficient (Wildman–Crippen LogP) is -0.599. The predicted molar refractivity (Wildman–Crippen MR) is 46.5 cm³/mol. The zero-order valence-corrected chi connectivity index (χ0v) is 7.13. The Kier molecular flexibility index (Phi) is 6.07. The van der Waals surface area contributed by atoms with E-state index in [-0.39, 0.29) is 0 Å². The van der Waals surface area contributed by atoms with Crippen molar-refractivity contribution in [2.75, 3.05) is 13.1 Å². The van der Waals surface area contributed by atoms with Gasteiger partial charge in [0.25, 0.3) is 0 Å². The molecule has 0 aliphatic heterocycles. The second-order valence-electron chi connectivity index (χ2n) is 2.33. The number of carboxylic acid groups (broad SMARTS) is 1. The summed E-state index contributed by atoms with van der Waals surface area (Å²) in [7, 11) is 0. The van der Waals surface area contributed by atoms with Gasteiger partial charge in [0.2, 0.25) is 0 Å². The molecule has 0 fully saturated rings. The fraction of sp³-hybridized carbons (Fsp3) is 0.625. The zero-order chi connectivity index (χ0) is 9.40. The third kappa shape index (κ3) is 5.71. The number of hydrogen-bond acceptors (Lipinski definition) is 3. The van der Waals surface area contributed by atoms with E-state index in [1.807, 2.05) is 0 Å². The van der Waals surface area contributed by atoms with E-state index < -0.39 is 12.0 Å². The second kappa shape index (κ2) is 6.65. The van der Waals surface area contributed by atoms with Gasteiger partial charge in [-0.05, 0) is 6.92 Å². The summed E-state index contributed by atoms with van der Waals surface area (Å²) >= 11 is 0. The average molecular weight is 170 g/mol. The van der Waals surface area contributed by atoms with Crippen molar-refractivity contribution in [3.05, 3.63) is 0 Å². The summed E-state index contributed by atoms with van der Waals surface area (Å²) in [6, 6.07) is -0.820. The summed E-state index contributed by atoms with van der Waals surface area (Å²) in [6.45, 7) is 2.74. The molecule has 0 aliphatic rings. The van der Waals surface area contributed by atoms with E-state index in [1.165, 1.54) is 0 Å². The number of aliphatic carboxylic acids is 1. The standard InChI is InChI=1S/C8H14N2O2/c1-2-3-4-5-10-6-7(9)8(11)12/h7,10H,4-6,9H2,1H3,(H,11,12). The van der Waals surface area contributed by atoms with Crippen LogP contribution < -0.4 is 11.1 Å². The van der Waals surface area contributed by atoms with E-state index in [4.69, 9.17) is 10.8 Å². The summed E-state index contributed by atoms with van der Waals surface area (Å²) < 4.78 is 0. The molecule has 1 atom stereocenters. The van der Waals surface area contributed by atoms with E-state index in [0.29, 0.717) is 13.1 Å². The Hall–Kier alpha value is -1.05. The Bertz CT molecular complexity index is 193. The summed E-state index contributed by atoms with van der Waals surface area (Å²) in [6.07, 6.45) is 0.725. The van der Waals surface area contributed by atoms with Gasteiger partial charge < -0.3 is 16.2 Å². The van der Waals surface area contributed by atoms with Gasteiger partial charge >= 0.3 is 5.97 Å². The van der Waals surface area contributed by atoms with Crippen molar-refractivity contribution in [1.82, 2.24) is 5.32 Å². The molecule has 0 bridgehead atoms. The molecule has 0 radical (unpaired) electrons. The van der Waals surface area contributed by atoms with Gasteiger partial charge in [0.1, 0.15) is 6.04 Å². The highest BCUT2D eigenvalue weighted by atomic mass is 16.4. The molecule has 0 heterocycles. The van der Waals surface area contributed by atoms with Crippen LogP contribution in [0.3, 0.4) is 0 Å². The highest BCUT2D eigenvalue weighted by Gasteiger charge is 2.08. The van der Waals surface area contributed by atoms with Crippen molar-refractivity contribution in [3.8, 4) is 11.8 Å². The van der Waals surface area contributed by atoms with Crippen molar-refractivity contribution >= 4 is 5.97 Å². The van der Waals surface area contributed by atoms with Crippen molar-refractivity contribution < 1.29 is 9.90 Å².